The molecule has 3 aromatic heterocycles. The zero-order valence-corrected chi connectivity index (χ0v) is 14.4. The topological polar surface area (TPSA) is 39.9 Å². The average Bonchev–Trinajstić information content (AvgIpc) is 3.30. The second-order valence-electron chi connectivity index (χ2n) is 5.46. The third kappa shape index (κ3) is 2.47. The summed E-state index contributed by atoms with van der Waals surface area (Å²) in [4.78, 5) is 6.10. The molecule has 0 aliphatic rings. The monoisotopic (exact) mass is 335 g/mol. The van der Waals surface area contributed by atoms with Crippen LogP contribution >= 0.6 is 11.3 Å². The minimum Gasteiger partial charge on any atom is -0.497 e. The van der Waals surface area contributed by atoms with Crippen LogP contribution in [-0.2, 0) is 6.54 Å². The van der Waals surface area contributed by atoms with E-state index in [1.807, 2.05) is 35.1 Å². The van der Waals surface area contributed by atoms with Gasteiger partial charge in [0.05, 0.1) is 19.0 Å². The van der Waals surface area contributed by atoms with Gasteiger partial charge >= 0.3 is 0 Å². The molecule has 0 fully saturated rings. The van der Waals surface area contributed by atoms with Crippen LogP contribution in [0.5, 0.6) is 5.75 Å². The van der Waals surface area contributed by atoms with E-state index in [0.29, 0.717) is 0 Å². The van der Waals surface area contributed by atoms with Crippen LogP contribution < -0.4 is 4.74 Å². The quantitative estimate of drug-likeness (QED) is 0.535. The molecule has 4 rings (SSSR count). The van der Waals surface area contributed by atoms with Crippen molar-refractivity contribution < 1.29 is 4.74 Å². The zero-order chi connectivity index (χ0) is 16.5. The maximum absolute atomic E-state index is 5.25. The number of pyridine rings is 1. The third-order valence-corrected chi connectivity index (χ3v) is 4.98. The number of hydrogen-bond acceptors (Lipinski definition) is 4. The number of aryl methyl sites for hydroxylation is 1. The molecule has 0 unspecified atom stereocenters. The van der Waals surface area contributed by atoms with E-state index in [1.165, 1.54) is 10.4 Å². The molecule has 0 saturated heterocycles. The standard InChI is InChI=1S/C19H17N3OS/c1-3-22-19-16(12-20-22)15(18-5-4-10-24-18)11-17(21-19)13-6-8-14(23-2)9-7-13/h4-12H,3H2,1-2H3. The summed E-state index contributed by atoms with van der Waals surface area (Å²) in [6.45, 7) is 2.88. The van der Waals surface area contributed by atoms with E-state index < -0.39 is 0 Å². The van der Waals surface area contributed by atoms with Gasteiger partial charge in [-0.1, -0.05) is 6.07 Å². The minimum atomic E-state index is 0.798. The summed E-state index contributed by atoms with van der Waals surface area (Å²) >= 11 is 1.73. The highest BCUT2D eigenvalue weighted by molar-refractivity contribution is 7.13. The first kappa shape index (κ1) is 14.9. The highest BCUT2D eigenvalue weighted by atomic mass is 32.1. The second-order valence-corrected chi connectivity index (χ2v) is 6.41. The summed E-state index contributed by atoms with van der Waals surface area (Å²) in [5, 5.41) is 7.68. The molecule has 4 aromatic rings. The summed E-state index contributed by atoms with van der Waals surface area (Å²) in [6.07, 6.45) is 1.92. The van der Waals surface area contributed by atoms with E-state index in [9.17, 15) is 0 Å². The van der Waals surface area contributed by atoms with Gasteiger partial charge in [0.2, 0.25) is 0 Å². The van der Waals surface area contributed by atoms with Crippen molar-refractivity contribution in [2.45, 2.75) is 13.5 Å². The van der Waals surface area contributed by atoms with Crippen LogP contribution in [-0.4, -0.2) is 21.9 Å². The Hall–Kier alpha value is -2.66. The van der Waals surface area contributed by atoms with Crippen molar-refractivity contribution in [3.05, 3.63) is 54.0 Å². The van der Waals surface area contributed by atoms with E-state index in [4.69, 9.17) is 9.72 Å². The van der Waals surface area contributed by atoms with E-state index in [-0.39, 0.29) is 0 Å². The van der Waals surface area contributed by atoms with Gasteiger partial charge < -0.3 is 4.74 Å². The van der Waals surface area contributed by atoms with Gasteiger partial charge in [-0.2, -0.15) is 5.10 Å². The number of ether oxygens (including phenoxy) is 1. The lowest BCUT2D eigenvalue weighted by atomic mass is 10.1. The van der Waals surface area contributed by atoms with E-state index in [2.05, 4.69) is 35.6 Å². The molecule has 4 nitrogen and oxygen atoms in total. The van der Waals surface area contributed by atoms with Crippen LogP contribution in [0.25, 0.3) is 32.7 Å². The van der Waals surface area contributed by atoms with Gasteiger partial charge in [-0.25, -0.2) is 9.67 Å². The van der Waals surface area contributed by atoms with Crippen molar-refractivity contribution in [1.82, 2.24) is 14.8 Å². The lowest BCUT2D eigenvalue weighted by molar-refractivity contribution is 0.415. The first-order valence-electron chi connectivity index (χ1n) is 7.85. The minimum absolute atomic E-state index is 0.798. The Morgan fingerprint density at radius 1 is 1.17 bits per heavy atom. The van der Waals surface area contributed by atoms with E-state index >= 15 is 0 Å². The molecule has 1 aromatic carbocycles. The van der Waals surface area contributed by atoms with Gasteiger partial charge in [0.15, 0.2) is 5.65 Å². The Labute approximate surface area is 144 Å². The van der Waals surface area contributed by atoms with Crippen LogP contribution in [0.4, 0.5) is 0 Å². The van der Waals surface area contributed by atoms with Crippen molar-refractivity contribution in [2.75, 3.05) is 7.11 Å². The predicted octanol–water partition coefficient (Wildman–Crippen LogP) is 4.86. The van der Waals surface area contributed by atoms with Crippen LogP contribution in [0.15, 0.2) is 54.0 Å². The number of thiophene rings is 1. The van der Waals surface area contributed by atoms with Crippen LogP contribution in [0, 0.1) is 0 Å². The fourth-order valence-electron chi connectivity index (χ4n) is 2.82. The summed E-state index contributed by atoms with van der Waals surface area (Å²) in [5.74, 6) is 0.844. The van der Waals surface area contributed by atoms with Crippen molar-refractivity contribution in [3.63, 3.8) is 0 Å². The summed E-state index contributed by atoms with van der Waals surface area (Å²) < 4.78 is 7.19. The van der Waals surface area contributed by atoms with Crippen molar-refractivity contribution in [2.24, 2.45) is 0 Å². The van der Waals surface area contributed by atoms with Gasteiger partial charge in [0.1, 0.15) is 5.75 Å². The number of methoxy groups -OCH3 is 1. The summed E-state index contributed by atoms with van der Waals surface area (Å²) in [5.41, 5.74) is 4.12. The molecule has 0 bridgehead atoms. The molecule has 120 valence electrons. The van der Waals surface area contributed by atoms with Crippen LogP contribution in [0.3, 0.4) is 0 Å². The maximum atomic E-state index is 5.25. The Kier molecular flexibility index (Phi) is 3.78. The molecule has 24 heavy (non-hydrogen) atoms. The van der Waals surface area contributed by atoms with Crippen molar-refractivity contribution in [3.8, 4) is 27.4 Å². The molecule has 5 heteroatoms. The molecule has 0 atom stereocenters. The van der Waals surface area contributed by atoms with E-state index in [1.54, 1.807) is 18.4 Å². The molecule has 0 spiro atoms. The van der Waals surface area contributed by atoms with Gasteiger partial charge in [-0.05, 0) is 48.7 Å². The highest BCUT2D eigenvalue weighted by Gasteiger charge is 2.14. The fourth-order valence-corrected chi connectivity index (χ4v) is 3.58. The zero-order valence-electron chi connectivity index (χ0n) is 13.6. The van der Waals surface area contributed by atoms with Gasteiger partial charge in [-0.3, -0.25) is 0 Å². The molecule has 0 N–H and O–H groups in total. The second kappa shape index (κ2) is 6.09. The Balaban J connectivity index is 1.95. The first-order valence-corrected chi connectivity index (χ1v) is 8.73. The Bertz CT molecular complexity index is 972. The molecular weight excluding hydrogens is 318 g/mol. The lowest BCUT2D eigenvalue weighted by Gasteiger charge is -2.08. The van der Waals surface area contributed by atoms with Gasteiger partial charge in [0, 0.05) is 27.9 Å². The molecule has 0 aliphatic heterocycles. The molecule has 0 radical (unpaired) electrons. The first-order chi connectivity index (χ1) is 11.8. The smallest absolute Gasteiger partial charge is 0.159 e. The number of nitrogens with zero attached hydrogens (tertiary/aromatic N) is 3. The SMILES string of the molecule is CCn1ncc2c(-c3cccs3)cc(-c3ccc(OC)cc3)nc21. The molecular formula is C19H17N3OS. The highest BCUT2D eigenvalue weighted by Crippen LogP contribution is 2.34. The molecule has 0 saturated carbocycles. The number of aromatic nitrogens is 3. The number of benzene rings is 1. The third-order valence-electron chi connectivity index (χ3n) is 4.08. The van der Waals surface area contributed by atoms with Crippen molar-refractivity contribution >= 4 is 22.4 Å². The molecule has 3 heterocycles. The Morgan fingerprint density at radius 2 is 2.00 bits per heavy atom. The molecule has 0 aliphatic carbocycles. The largest absolute Gasteiger partial charge is 0.497 e. The molecule has 0 amide bonds. The predicted molar refractivity (Wildman–Crippen MR) is 98.5 cm³/mol. The summed E-state index contributed by atoms with van der Waals surface area (Å²) in [7, 11) is 1.67. The Morgan fingerprint density at radius 3 is 2.67 bits per heavy atom. The normalized spacial score (nSPS) is 11.1. The summed E-state index contributed by atoms with van der Waals surface area (Å²) in [6, 6.07) is 14.4. The maximum Gasteiger partial charge on any atom is 0.159 e. The van der Waals surface area contributed by atoms with E-state index in [0.717, 1.165) is 34.6 Å². The van der Waals surface area contributed by atoms with Gasteiger partial charge in [0.25, 0.3) is 0 Å². The average molecular weight is 335 g/mol. The fraction of sp³-hybridized carbons (Fsp3) is 0.158. The number of fused-ring (bicyclic) bond motifs is 1. The van der Waals surface area contributed by atoms with Crippen LogP contribution in [0.2, 0.25) is 0 Å². The lowest BCUT2D eigenvalue weighted by Crippen LogP contribution is -1.98. The number of hydrogen-bond donors (Lipinski definition) is 0. The van der Waals surface area contributed by atoms with Crippen molar-refractivity contribution in [1.29, 1.82) is 0 Å². The van der Waals surface area contributed by atoms with Gasteiger partial charge in [-0.15, -0.1) is 11.3 Å². The number of rotatable bonds is 4. The van der Waals surface area contributed by atoms with Crippen LogP contribution in [0.1, 0.15) is 6.92 Å².